The lowest BCUT2D eigenvalue weighted by atomic mass is 10.1. The van der Waals surface area contributed by atoms with E-state index in [9.17, 15) is 9.59 Å². The average Bonchev–Trinajstić information content (AvgIpc) is 3.08. The van der Waals surface area contributed by atoms with E-state index >= 15 is 0 Å². The minimum atomic E-state index is 0.0858. The molecule has 1 saturated heterocycles. The molecule has 0 radical (unpaired) electrons. The van der Waals surface area contributed by atoms with Crippen LogP contribution in [0.1, 0.15) is 10.4 Å². The van der Waals surface area contributed by atoms with E-state index in [1.165, 1.54) is 0 Å². The molecule has 2 heterocycles. The maximum atomic E-state index is 12.4. The minimum Gasteiger partial charge on any atom is -0.339 e. The fourth-order valence-corrected chi connectivity index (χ4v) is 3.72. The highest BCUT2D eigenvalue weighted by Gasteiger charge is 2.24. The normalized spacial score (nSPS) is 14.7. The van der Waals surface area contributed by atoms with Crippen LogP contribution < -0.4 is 0 Å². The van der Waals surface area contributed by atoms with E-state index in [4.69, 9.17) is 11.6 Å². The van der Waals surface area contributed by atoms with Gasteiger partial charge in [0.15, 0.2) is 0 Å². The molecule has 1 fully saturated rings. The van der Waals surface area contributed by atoms with Gasteiger partial charge in [-0.05, 0) is 29.1 Å². The van der Waals surface area contributed by atoms with Crippen LogP contribution in [-0.4, -0.2) is 47.8 Å². The summed E-state index contributed by atoms with van der Waals surface area (Å²) in [5.41, 5.74) is 0.920. The summed E-state index contributed by atoms with van der Waals surface area (Å²) in [4.78, 5) is 29.4. The van der Waals surface area contributed by atoms with Gasteiger partial charge in [-0.3, -0.25) is 9.59 Å². The molecule has 0 bridgehead atoms. The first-order valence-electron chi connectivity index (χ1n) is 7.94. The number of hydrogen-bond donors (Lipinski definition) is 0. The number of nitrogens with zero attached hydrogens (tertiary/aromatic N) is 2. The van der Waals surface area contributed by atoms with Crippen molar-refractivity contribution in [2.45, 2.75) is 12.8 Å². The first kappa shape index (κ1) is 17.0. The number of amides is 2. The molecule has 1 aromatic carbocycles. The van der Waals surface area contributed by atoms with Crippen LogP contribution in [0.25, 0.3) is 0 Å². The zero-order valence-electron chi connectivity index (χ0n) is 13.3. The van der Waals surface area contributed by atoms with Crippen LogP contribution in [-0.2, 0) is 22.4 Å². The van der Waals surface area contributed by atoms with Crippen LogP contribution in [0, 0.1) is 0 Å². The van der Waals surface area contributed by atoms with Crippen molar-refractivity contribution in [1.29, 1.82) is 0 Å². The van der Waals surface area contributed by atoms with Crippen molar-refractivity contribution in [2.24, 2.45) is 0 Å². The summed E-state index contributed by atoms with van der Waals surface area (Å²) in [5.74, 6) is 0.224. The Morgan fingerprint density at radius 1 is 0.958 bits per heavy atom. The maximum Gasteiger partial charge on any atom is 0.227 e. The van der Waals surface area contributed by atoms with Gasteiger partial charge in [0.2, 0.25) is 11.8 Å². The van der Waals surface area contributed by atoms with Gasteiger partial charge in [0, 0.05) is 36.1 Å². The summed E-state index contributed by atoms with van der Waals surface area (Å²) in [6, 6.07) is 11.3. The summed E-state index contributed by atoms with van der Waals surface area (Å²) in [5, 5.41) is 2.62. The summed E-state index contributed by atoms with van der Waals surface area (Å²) in [6.07, 6.45) is 0.803. The van der Waals surface area contributed by atoms with Crippen molar-refractivity contribution in [3.8, 4) is 0 Å². The third kappa shape index (κ3) is 4.36. The Morgan fingerprint density at radius 2 is 1.62 bits per heavy atom. The van der Waals surface area contributed by atoms with Gasteiger partial charge < -0.3 is 9.80 Å². The lowest BCUT2D eigenvalue weighted by Gasteiger charge is -2.35. The van der Waals surface area contributed by atoms with Crippen molar-refractivity contribution in [3.63, 3.8) is 0 Å². The molecule has 1 aliphatic heterocycles. The average molecular weight is 363 g/mol. The van der Waals surface area contributed by atoms with Crippen molar-refractivity contribution in [1.82, 2.24) is 9.80 Å². The van der Waals surface area contributed by atoms with E-state index in [0.717, 1.165) is 10.4 Å². The second kappa shape index (κ2) is 7.81. The largest absolute Gasteiger partial charge is 0.339 e. The van der Waals surface area contributed by atoms with E-state index in [2.05, 4.69) is 0 Å². The number of hydrogen-bond acceptors (Lipinski definition) is 3. The third-order valence-corrected chi connectivity index (χ3v) is 5.25. The van der Waals surface area contributed by atoms with Gasteiger partial charge in [0.1, 0.15) is 0 Å². The molecule has 24 heavy (non-hydrogen) atoms. The summed E-state index contributed by atoms with van der Waals surface area (Å²) in [7, 11) is 0. The fourth-order valence-electron chi connectivity index (χ4n) is 2.81. The molecule has 0 N–H and O–H groups in total. The number of rotatable bonds is 4. The van der Waals surface area contributed by atoms with Crippen LogP contribution in [0.5, 0.6) is 0 Å². The Bertz CT molecular complexity index is 710. The zero-order chi connectivity index (χ0) is 16.9. The van der Waals surface area contributed by atoms with Crippen LogP contribution in [0.2, 0.25) is 5.02 Å². The van der Waals surface area contributed by atoms with E-state index in [0.29, 0.717) is 44.0 Å². The van der Waals surface area contributed by atoms with Crippen molar-refractivity contribution in [2.75, 3.05) is 26.2 Å². The number of benzene rings is 1. The van der Waals surface area contributed by atoms with Crippen molar-refractivity contribution >= 4 is 34.8 Å². The molecule has 0 saturated carbocycles. The number of carbonyl (C=O) groups is 2. The van der Waals surface area contributed by atoms with Gasteiger partial charge in [-0.25, -0.2) is 0 Å². The first-order chi connectivity index (χ1) is 11.6. The first-order valence-corrected chi connectivity index (χ1v) is 9.20. The second-order valence-corrected chi connectivity index (χ2v) is 7.29. The maximum absolute atomic E-state index is 12.4. The van der Waals surface area contributed by atoms with Crippen LogP contribution in [0.4, 0.5) is 0 Å². The molecule has 0 spiro atoms. The Hall–Kier alpha value is -1.85. The topological polar surface area (TPSA) is 40.6 Å². The van der Waals surface area contributed by atoms with E-state index in [-0.39, 0.29) is 11.8 Å². The SMILES string of the molecule is O=C(Cc1cccc(Cl)c1)N1CCN(C(=O)Cc2cccs2)CC1. The molecule has 0 atom stereocenters. The smallest absolute Gasteiger partial charge is 0.227 e. The van der Waals surface area contributed by atoms with Gasteiger partial charge in [-0.15, -0.1) is 11.3 Å². The number of piperazine rings is 1. The van der Waals surface area contributed by atoms with Crippen LogP contribution >= 0.6 is 22.9 Å². The molecule has 0 unspecified atom stereocenters. The molecular formula is C18H19ClN2O2S. The highest BCUT2D eigenvalue weighted by Crippen LogP contribution is 2.14. The molecule has 2 amide bonds. The van der Waals surface area contributed by atoms with Crippen molar-refractivity contribution in [3.05, 3.63) is 57.2 Å². The molecule has 1 aliphatic rings. The molecule has 0 aliphatic carbocycles. The highest BCUT2D eigenvalue weighted by molar-refractivity contribution is 7.10. The molecule has 1 aromatic heterocycles. The number of halogens is 1. The molecule has 4 nitrogen and oxygen atoms in total. The summed E-state index contributed by atoms with van der Waals surface area (Å²) < 4.78 is 0. The number of carbonyl (C=O) groups excluding carboxylic acids is 2. The highest BCUT2D eigenvalue weighted by atomic mass is 35.5. The Balaban J connectivity index is 1.49. The lowest BCUT2D eigenvalue weighted by molar-refractivity contribution is -0.138. The summed E-state index contributed by atoms with van der Waals surface area (Å²) >= 11 is 7.56. The Kier molecular flexibility index (Phi) is 5.53. The molecule has 6 heteroatoms. The van der Waals surface area contributed by atoms with Gasteiger partial charge in [-0.1, -0.05) is 29.8 Å². The molecule has 3 rings (SSSR count). The zero-order valence-corrected chi connectivity index (χ0v) is 14.9. The molecule has 126 valence electrons. The quantitative estimate of drug-likeness (QED) is 0.839. The predicted octanol–water partition coefficient (Wildman–Crippen LogP) is 2.86. The monoisotopic (exact) mass is 362 g/mol. The fraction of sp³-hybridized carbons (Fsp3) is 0.333. The predicted molar refractivity (Wildman–Crippen MR) is 96.3 cm³/mol. The van der Waals surface area contributed by atoms with Crippen LogP contribution in [0.3, 0.4) is 0 Å². The summed E-state index contributed by atoms with van der Waals surface area (Å²) in [6.45, 7) is 2.39. The Labute approximate surface area is 150 Å². The van der Waals surface area contributed by atoms with E-state index in [1.54, 1.807) is 17.4 Å². The van der Waals surface area contributed by atoms with Gasteiger partial charge >= 0.3 is 0 Å². The van der Waals surface area contributed by atoms with Crippen molar-refractivity contribution < 1.29 is 9.59 Å². The van der Waals surface area contributed by atoms with Crippen LogP contribution in [0.15, 0.2) is 41.8 Å². The Morgan fingerprint density at radius 3 is 2.21 bits per heavy atom. The van der Waals surface area contributed by atoms with E-state index < -0.39 is 0 Å². The second-order valence-electron chi connectivity index (χ2n) is 5.82. The minimum absolute atomic E-state index is 0.0858. The number of thiophene rings is 1. The standard InChI is InChI=1S/C18H19ClN2O2S/c19-15-4-1-3-14(11-15)12-17(22)20-6-8-21(9-7-20)18(23)13-16-5-2-10-24-16/h1-5,10-11H,6-9,12-13H2. The van der Waals surface area contributed by atoms with Gasteiger partial charge in [0.05, 0.1) is 12.8 Å². The van der Waals surface area contributed by atoms with Gasteiger partial charge in [-0.2, -0.15) is 0 Å². The third-order valence-electron chi connectivity index (χ3n) is 4.14. The lowest BCUT2D eigenvalue weighted by Crippen LogP contribution is -2.51. The molecule has 2 aromatic rings. The molecular weight excluding hydrogens is 344 g/mol. The van der Waals surface area contributed by atoms with E-state index in [1.807, 2.05) is 45.5 Å². The van der Waals surface area contributed by atoms with Gasteiger partial charge in [0.25, 0.3) is 0 Å².